The fourth-order valence-electron chi connectivity index (χ4n) is 4.86. The predicted octanol–water partition coefficient (Wildman–Crippen LogP) is 4.02. The van der Waals surface area contributed by atoms with Gasteiger partial charge in [-0.2, -0.15) is 0 Å². The molecule has 0 radical (unpaired) electrons. The minimum absolute atomic E-state index is 0.00773. The van der Waals surface area contributed by atoms with Crippen LogP contribution in [0.2, 0.25) is 0 Å². The molecule has 2 aliphatic rings. The first-order valence-corrected chi connectivity index (χ1v) is 11.2. The lowest BCUT2D eigenvalue weighted by molar-refractivity contribution is -0.140. The molecule has 1 saturated heterocycles. The fraction of sp³-hybridized carbons (Fsp3) is 0.400. The number of piperidine rings is 1. The molecule has 31 heavy (non-hydrogen) atoms. The summed E-state index contributed by atoms with van der Waals surface area (Å²) in [5.74, 6) is -0.786. The van der Waals surface area contributed by atoms with Crippen molar-refractivity contribution >= 4 is 23.4 Å². The zero-order valence-corrected chi connectivity index (χ0v) is 17.7. The van der Waals surface area contributed by atoms with Gasteiger partial charge >= 0.3 is 0 Å². The highest BCUT2D eigenvalue weighted by atomic mass is 16.2. The molecule has 4 rings (SSSR count). The van der Waals surface area contributed by atoms with E-state index in [0.29, 0.717) is 18.5 Å². The Morgan fingerprint density at radius 1 is 0.935 bits per heavy atom. The van der Waals surface area contributed by atoms with Crippen LogP contribution in [0.4, 0.5) is 5.69 Å². The van der Waals surface area contributed by atoms with Crippen LogP contribution in [-0.4, -0.2) is 29.3 Å². The number of anilines is 1. The van der Waals surface area contributed by atoms with Gasteiger partial charge < -0.3 is 5.73 Å². The number of nitrogens with two attached hydrogens (primary N) is 1. The molecule has 3 amide bonds. The van der Waals surface area contributed by atoms with Gasteiger partial charge in [0.1, 0.15) is 0 Å². The Bertz CT molecular complexity index is 959. The molecule has 1 heterocycles. The SMILES string of the molecule is NC(=O)c1cccc(C2CCCCC2C(=O)N(c2ccccc2)N2CCCCC2=O)c1. The third-order valence-electron chi connectivity index (χ3n) is 6.43. The number of hydrogen-bond acceptors (Lipinski definition) is 3. The second-order valence-corrected chi connectivity index (χ2v) is 8.45. The molecular formula is C25H29N3O3. The summed E-state index contributed by atoms with van der Waals surface area (Å²) >= 11 is 0. The van der Waals surface area contributed by atoms with Crippen LogP contribution in [0, 0.1) is 5.92 Å². The molecular weight excluding hydrogens is 390 g/mol. The topological polar surface area (TPSA) is 83.7 Å². The Balaban J connectivity index is 1.69. The minimum atomic E-state index is -0.467. The number of amides is 3. The lowest BCUT2D eigenvalue weighted by atomic mass is 9.74. The van der Waals surface area contributed by atoms with Crippen LogP contribution in [0.5, 0.6) is 0 Å². The molecule has 2 fully saturated rings. The van der Waals surface area contributed by atoms with Crippen LogP contribution in [0.25, 0.3) is 0 Å². The van der Waals surface area contributed by atoms with E-state index in [0.717, 1.165) is 49.8 Å². The van der Waals surface area contributed by atoms with Gasteiger partial charge in [0.15, 0.2) is 0 Å². The number of hydrazine groups is 1. The Kier molecular flexibility index (Phi) is 6.35. The van der Waals surface area contributed by atoms with Gasteiger partial charge in [0.25, 0.3) is 0 Å². The number of carbonyl (C=O) groups excluding carboxylic acids is 3. The molecule has 2 atom stereocenters. The number of hydrogen-bond donors (Lipinski definition) is 1. The second kappa shape index (κ2) is 9.33. The van der Waals surface area contributed by atoms with Crippen molar-refractivity contribution in [1.82, 2.24) is 5.01 Å². The Morgan fingerprint density at radius 2 is 1.71 bits per heavy atom. The molecule has 2 N–H and O–H groups in total. The zero-order valence-electron chi connectivity index (χ0n) is 17.7. The van der Waals surface area contributed by atoms with E-state index in [1.807, 2.05) is 48.5 Å². The molecule has 1 saturated carbocycles. The van der Waals surface area contributed by atoms with Gasteiger partial charge in [-0.1, -0.05) is 43.2 Å². The maximum Gasteiger partial charge on any atom is 0.249 e. The standard InChI is InChI=1S/C25H29N3O3/c26-24(30)19-10-8-9-18(17-19)21-13-4-5-14-22(21)25(31)28(20-11-2-1-3-12-20)27-16-7-6-15-23(27)29/h1-3,8-12,17,21-22H,4-7,13-16H2,(H2,26,30). The number of rotatable bonds is 5. The van der Waals surface area contributed by atoms with Gasteiger partial charge in [-0.15, -0.1) is 0 Å². The van der Waals surface area contributed by atoms with Crippen molar-refractivity contribution in [1.29, 1.82) is 0 Å². The summed E-state index contributed by atoms with van der Waals surface area (Å²) in [6, 6.07) is 16.8. The van der Waals surface area contributed by atoms with Crippen molar-refractivity contribution in [3.63, 3.8) is 0 Å². The number of para-hydroxylation sites is 1. The van der Waals surface area contributed by atoms with Crippen LogP contribution >= 0.6 is 0 Å². The van der Waals surface area contributed by atoms with Crippen molar-refractivity contribution in [2.45, 2.75) is 50.9 Å². The molecule has 6 nitrogen and oxygen atoms in total. The van der Waals surface area contributed by atoms with E-state index in [4.69, 9.17) is 5.73 Å². The van der Waals surface area contributed by atoms with Gasteiger partial charge in [0.05, 0.1) is 5.69 Å². The highest BCUT2D eigenvalue weighted by Gasteiger charge is 2.39. The zero-order chi connectivity index (χ0) is 21.8. The van der Waals surface area contributed by atoms with E-state index in [2.05, 4.69) is 0 Å². The second-order valence-electron chi connectivity index (χ2n) is 8.45. The minimum Gasteiger partial charge on any atom is -0.366 e. The van der Waals surface area contributed by atoms with Crippen molar-refractivity contribution < 1.29 is 14.4 Å². The van der Waals surface area contributed by atoms with Crippen molar-refractivity contribution in [2.75, 3.05) is 11.6 Å². The smallest absolute Gasteiger partial charge is 0.249 e. The Morgan fingerprint density at radius 3 is 2.45 bits per heavy atom. The van der Waals surface area contributed by atoms with Gasteiger partial charge in [0.2, 0.25) is 17.7 Å². The molecule has 1 aliphatic heterocycles. The third kappa shape index (κ3) is 4.48. The Hall–Kier alpha value is -3.15. The summed E-state index contributed by atoms with van der Waals surface area (Å²) in [7, 11) is 0. The summed E-state index contributed by atoms with van der Waals surface area (Å²) in [6.07, 6.45) is 5.84. The number of nitrogens with zero attached hydrogens (tertiary/aromatic N) is 2. The van der Waals surface area contributed by atoms with Crippen molar-refractivity contribution in [3.8, 4) is 0 Å². The van der Waals surface area contributed by atoms with Crippen LogP contribution in [0.1, 0.15) is 66.8 Å². The molecule has 0 aromatic heterocycles. The fourth-order valence-corrected chi connectivity index (χ4v) is 4.86. The molecule has 162 valence electrons. The average Bonchev–Trinajstić information content (AvgIpc) is 2.81. The molecule has 1 aliphatic carbocycles. The number of benzene rings is 2. The van der Waals surface area contributed by atoms with E-state index in [1.165, 1.54) is 0 Å². The first-order chi connectivity index (χ1) is 15.1. The van der Waals surface area contributed by atoms with Crippen LogP contribution in [0.3, 0.4) is 0 Å². The number of primary amides is 1. The monoisotopic (exact) mass is 419 g/mol. The van der Waals surface area contributed by atoms with Crippen LogP contribution in [-0.2, 0) is 9.59 Å². The van der Waals surface area contributed by atoms with Crippen molar-refractivity contribution in [2.24, 2.45) is 11.7 Å². The molecule has 2 aromatic carbocycles. The summed E-state index contributed by atoms with van der Waals surface area (Å²) in [5, 5.41) is 3.25. The largest absolute Gasteiger partial charge is 0.366 e. The van der Waals surface area contributed by atoms with Gasteiger partial charge in [0, 0.05) is 24.4 Å². The van der Waals surface area contributed by atoms with Crippen molar-refractivity contribution in [3.05, 3.63) is 65.7 Å². The number of carbonyl (C=O) groups is 3. The molecule has 2 aromatic rings. The van der Waals surface area contributed by atoms with Gasteiger partial charge in [-0.3, -0.25) is 14.4 Å². The third-order valence-corrected chi connectivity index (χ3v) is 6.43. The average molecular weight is 420 g/mol. The summed E-state index contributed by atoms with van der Waals surface area (Å²) < 4.78 is 0. The quantitative estimate of drug-likeness (QED) is 0.794. The summed E-state index contributed by atoms with van der Waals surface area (Å²) in [6.45, 7) is 0.550. The normalized spacial score (nSPS) is 21.5. The van der Waals surface area contributed by atoms with Crippen LogP contribution < -0.4 is 10.7 Å². The molecule has 0 bridgehead atoms. The lowest BCUT2D eigenvalue weighted by Gasteiger charge is -2.41. The molecule has 0 spiro atoms. The highest BCUT2D eigenvalue weighted by molar-refractivity contribution is 5.98. The van der Waals surface area contributed by atoms with E-state index < -0.39 is 5.91 Å². The maximum atomic E-state index is 14.0. The van der Waals surface area contributed by atoms with E-state index >= 15 is 0 Å². The van der Waals surface area contributed by atoms with Gasteiger partial charge in [-0.05, 0) is 61.4 Å². The summed E-state index contributed by atoms with van der Waals surface area (Å²) in [5.41, 5.74) is 7.63. The van der Waals surface area contributed by atoms with E-state index in [-0.39, 0.29) is 23.7 Å². The summed E-state index contributed by atoms with van der Waals surface area (Å²) in [4.78, 5) is 38.4. The Labute approximate surface area is 183 Å². The molecule has 6 heteroatoms. The lowest BCUT2D eigenvalue weighted by Crippen LogP contribution is -2.54. The molecule has 2 unspecified atom stereocenters. The first kappa shape index (κ1) is 21.1. The predicted molar refractivity (Wildman–Crippen MR) is 119 cm³/mol. The van der Waals surface area contributed by atoms with Gasteiger partial charge in [-0.25, -0.2) is 10.0 Å². The first-order valence-electron chi connectivity index (χ1n) is 11.2. The van der Waals surface area contributed by atoms with E-state index in [1.54, 1.807) is 16.1 Å². The maximum absolute atomic E-state index is 14.0. The van der Waals surface area contributed by atoms with E-state index in [9.17, 15) is 14.4 Å². The highest BCUT2D eigenvalue weighted by Crippen LogP contribution is 2.40. The van der Waals surface area contributed by atoms with Crippen LogP contribution in [0.15, 0.2) is 54.6 Å².